The van der Waals surface area contributed by atoms with Crippen LogP contribution in [0.3, 0.4) is 0 Å². The van der Waals surface area contributed by atoms with Crippen molar-refractivity contribution in [1.29, 1.82) is 0 Å². The third kappa shape index (κ3) is 5.20. The van der Waals surface area contributed by atoms with Gasteiger partial charge in [-0.2, -0.15) is 0 Å². The molecule has 2 atom stereocenters. The second-order valence-corrected chi connectivity index (χ2v) is 5.16. The zero-order valence-corrected chi connectivity index (χ0v) is 10.6. The minimum Gasteiger partial charge on any atom is -0.0840 e. The maximum Gasteiger partial charge on any atom is -0.0216 e. The molecular weight excluding hydrogens is 180 g/mol. The van der Waals surface area contributed by atoms with Gasteiger partial charge in [0.15, 0.2) is 0 Å². The highest BCUT2D eigenvalue weighted by Gasteiger charge is 2.10. The molecule has 0 heteroatoms. The lowest BCUT2D eigenvalue weighted by Crippen LogP contribution is -2.03. The van der Waals surface area contributed by atoms with Gasteiger partial charge in [0.2, 0.25) is 0 Å². The molecule has 0 heterocycles. The minimum absolute atomic E-state index is 0.826. The van der Waals surface area contributed by atoms with Crippen molar-refractivity contribution in [2.45, 2.75) is 59.3 Å². The monoisotopic (exact) mass is 206 g/mol. The Morgan fingerprint density at radius 1 is 1.47 bits per heavy atom. The third-order valence-electron chi connectivity index (χ3n) is 3.23. The molecule has 2 unspecified atom stereocenters. The third-order valence-corrected chi connectivity index (χ3v) is 3.23. The molecule has 0 nitrogen and oxygen atoms in total. The van der Waals surface area contributed by atoms with E-state index in [9.17, 15) is 0 Å². The predicted octanol–water partition coefficient (Wildman–Crippen LogP) is 5.12. The van der Waals surface area contributed by atoms with E-state index in [0.29, 0.717) is 0 Å². The molecule has 1 rings (SSSR count). The minimum atomic E-state index is 0.826. The van der Waals surface area contributed by atoms with Crippen LogP contribution in [0.15, 0.2) is 23.8 Å². The molecule has 0 radical (unpaired) electrons. The molecule has 0 saturated heterocycles. The van der Waals surface area contributed by atoms with E-state index >= 15 is 0 Å². The number of rotatable bonds is 7. The lowest BCUT2D eigenvalue weighted by Gasteiger charge is -2.18. The van der Waals surface area contributed by atoms with Crippen LogP contribution in [0, 0.1) is 11.8 Å². The smallest absolute Gasteiger partial charge is 0.0216 e. The summed E-state index contributed by atoms with van der Waals surface area (Å²) in [5, 5.41) is 0. The van der Waals surface area contributed by atoms with Crippen LogP contribution in [0.1, 0.15) is 59.3 Å². The van der Waals surface area contributed by atoms with Crippen molar-refractivity contribution in [2.24, 2.45) is 11.8 Å². The summed E-state index contributed by atoms with van der Waals surface area (Å²) in [7, 11) is 0. The lowest BCUT2D eigenvalue weighted by molar-refractivity contribution is 0.500. The van der Waals surface area contributed by atoms with E-state index in [0.717, 1.165) is 11.8 Å². The van der Waals surface area contributed by atoms with Crippen molar-refractivity contribution in [3.8, 4) is 0 Å². The summed E-state index contributed by atoms with van der Waals surface area (Å²) in [6, 6.07) is 0. The highest BCUT2D eigenvalue weighted by molar-refractivity contribution is 5.27. The molecule has 0 N–H and O–H groups in total. The predicted molar refractivity (Wildman–Crippen MR) is 68.9 cm³/mol. The van der Waals surface area contributed by atoms with Crippen LogP contribution in [0.4, 0.5) is 0 Å². The van der Waals surface area contributed by atoms with E-state index in [1.807, 2.05) is 0 Å². The van der Waals surface area contributed by atoms with Crippen LogP contribution >= 0.6 is 0 Å². The number of allylic oxidation sites excluding steroid dienone is 4. The first-order chi connectivity index (χ1) is 7.22. The largest absolute Gasteiger partial charge is 0.0840 e. The molecule has 0 saturated carbocycles. The standard InChI is InChI=1S/C15H26/c1-4-5-6-8-13(2)9-7-10-15-11-14(3)12-15/h7,10-11,13-14H,4-6,8-9,12H2,1-3H3/b10-7+. The van der Waals surface area contributed by atoms with Gasteiger partial charge in [-0.25, -0.2) is 0 Å². The SMILES string of the molecule is CCCCCC(C)C/C=C/C1=CC(C)C1. The zero-order chi connectivity index (χ0) is 11.1. The summed E-state index contributed by atoms with van der Waals surface area (Å²) < 4.78 is 0. The van der Waals surface area contributed by atoms with Crippen LogP contribution in [-0.4, -0.2) is 0 Å². The lowest BCUT2D eigenvalue weighted by atomic mass is 9.87. The first-order valence-corrected chi connectivity index (χ1v) is 6.59. The Labute approximate surface area is 95.5 Å². The van der Waals surface area contributed by atoms with Crippen LogP contribution in [0.25, 0.3) is 0 Å². The molecule has 1 aliphatic rings. The summed E-state index contributed by atoms with van der Waals surface area (Å²) in [5.74, 6) is 1.69. The van der Waals surface area contributed by atoms with Gasteiger partial charge in [-0.05, 0) is 24.7 Å². The molecule has 0 aliphatic heterocycles. The van der Waals surface area contributed by atoms with Gasteiger partial charge in [0.1, 0.15) is 0 Å². The van der Waals surface area contributed by atoms with Gasteiger partial charge in [0, 0.05) is 0 Å². The molecule has 0 aromatic rings. The van der Waals surface area contributed by atoms with Crippen molar-refractivity contribution >= 4 is 0 Å². The van der Waals surface area contributed by atoms with E-state index in [1.54, 1.807) is 5.57 Å². The van der Waals surface area contributed by atoms with Gasteiger partial charge in [0.25, 0.3) is 0 Å². The normalized spacial score (nSPS) is 22.6. The summed E-state index contributed by atoms with van der Waals surface area (Å²) in [6.07, 6.45) is 15.2. The highest BCUT2D eigenvalue weighted by atomic mass is 14.2. The molecule has 0 amide bonds. The molecule has 0 aromatic carbocycles. The molecule has 0 aromatic heterocycles. The average Bonchev–Trinajstić information content (AvgIpc) is 2.15. The Morgan fingerprint density at radius 3 is 2.80 bits per heavy atom. The van der Waals surface area contributed by atoms with Crippen molar-refractivity contribution in [2.75, 3.05) is 0 Å². The quantitative estimate of drug-likeness (QED) is 0.507. The fourth-order valence-corrected chi connectivity index (χ4v) is 2.14. The Kier molecular flexibility index (Phi) is 5.75. The first kappa shape index (κ1) is 12.5. The Hall–Kier alpha value is -0.520. The Morgan fingerprint density at radius 2 is 2.20 bits per heavy atom. The van der Waals surface area contributed by atoms with E-state index < -0.39 is 0 Å². The van der Waals surface area contributed by atoms with Crippen LogP contribution in [0.2, 0.25) is 0 Å². The van der Waals surface area contributed by atoms with Crippen molar-refractivity contribution in [1.82, 2.24) is 0 Å². The topological polar surface area (TPSA) is 0 Å². The molecular formula is C15H26. The van der Waals surface area contributed by atoms with Crippen LogP contribution in [0.5, 0.6) is 0 Å². The Balaban J connectivity index is 2.06. The summed E-state index contributed by atoms with van der Waals surface area (Å²) >= 11 is 0. The molecule has 0 spiro atoms. The average molecular weight is 206 g/mol. The van der Waals surface area contributed by atoms with Crippen molar-refractivity contribution in [3.63, 3.8) is 0 Å². The maximum atomic E-state index is 2.37. The molecule has 0 bridgehead atoms. The zero-order valence-electron chi connectivity index (χ0n) is 10.6. The second-order valence-electron chi connectivity index (χ2n) is 5.16. The fraction of sp³-hybridized carbons (Fsp3) is 0.733. The van der Waals surface area contributed by atoms with E-state index in [4.69, 9.17) is 0 Å². The molecule has 1 aliphatic carbocycles. The van der Waals surface area contributed by atoms with Gasteiger partial charge in [-0.3, -0.25) is 0 Å². The van der Waals surface area contributed by atoms with Gasteiger partial charge in [-0.15, -0.1) is 0 Å². The number of hydrogen-bond acceptors (Lipinski definition) is 0. The second kappa shape index (κ2) is 6.87. The number of hydrogen-bond donors (Lipinski definition) is 0. The van der Waals surface area contributed by atoms with Crippen LogP contribution in [-0.2, 0) is 0 Å². The summed E-state index contributed by atoms with van der Waals surface area (Å²) in [4.78, 5) is 0. The summed E-state index contributed by atoms with van der Waals surface area (Å²) in [5.41, 5.74) is 1.54. The first-order valence-electron chi connectivity index (χ1n) is 6.59. The molecule has 86 valence electrons. The van der Waals surface area contributed by atoms with Crippen molar-refractivity contribution < 1.29 is 0 Å². The Bertz CT molecular complexity index is 222. The molecule has 15 heavy (non-hydrogen) atoms. The van der Waals surface area contributed by atoms with E-state index in [2.05, 4.69) is 39.0 Å². The van der Waals surface area contributed by atoms with E-state index in [1.165, 1.54) is 38.5 Å². The fourth-order valence-electron chi connectivity index (χ4n) is 2.14. The highest BCUT2D eigenvalue weighted by Crippen LogP contribution is 2.26. The van der Waals surface area contributed by atoms with Gasteiger partial charge in [0.05, 0.1) is 0 Å². The van der Waals surface area contributed by atoms with Gasteiger partial charge < -0.3 is 0 Å². The number of unbranched alkanes of at least 4 members (excludes halogenated alkanes) is 2. The van der Waals surface area contributed by atoms with Gasteiger partial charge in [-0.1, -0.05) is 70.3 Å². The maximum absolute atomic E-state index is 2.37. The summed E-state index contributed by atoms with van der Waals surface area (Å²) in [6.45, 7) is 6.93. The molecule has 0 fully saturated rings. The van der Waals surface area contributed by atoms with Crippen LogP contribution < -0.4 is 0 Å². The van der Waals surface area contributed by atoms with Crippen molar-refractivity contribution in [3.05, 3.63) is 23.8 Å². The van der Waals surface area contributed by atoms with E-state index in [-0.39, 0.29) is 0 Å². The van der Waals surface area contributed by atoms with Gasteiger partial charge >= 0.3 is 0 Å².